The predicted molar refractivity (Wildman–Crippen MR) is 120 cm³/mol. The van der Waals surface area contributed by atoms with E-state index in [4.69, 9.17) is 5.73 Å². The number of anilines is 1. The van der Waals surface area contributed by atoms with Gasteiger partial charge in [-0.2, -0.15) is 5.10 Å². The number of nitrogens with zero attached hydrogens (tertiary/aromatic N) is 3. The molecule has 0 fully saturated rings. The number of hydrogen-bond acceptors (Lipinski definition) is 3. The van der Waals surface area contributed by atoms with Crippen molar-refractivity contribution in [2.24, 2.45) is 12.8 Å². The molecule has 0 aliphatic carbocycles. The van der Waals surface area contributed by atoms with Gasteiger partial charge in [-0.15, -0.1) is 0 Å². The second-order valence-corrected chi connectivity index (χ2v) is 7.85. The minimum absolute atomic E-state index is 0.130. The van der Waals surface area contributed by atoms with Crippen LogP contribution in [0.2, 0.25) is 0 Å². The SMILES string of the molecule is Cn1ncc2c(-c3ccc4c(c3)CCN4C(=O)Cc3cccc(CN)c3)cccc21. The number of aromatic nitrogens is 2. The third-order valence-electron chi connectivity index (χ3n) is 5.96. The van der Waals surface area contributed by atoms with Gasteiger partial charge in [0.1, 0.15) is 0 Å². The third kappa shape index (κ3) is 3.17. The molecule has 5 rings (SSSR count). The quantitative estimate of drug-likeness (QED) is 0.570. The largest absolute Gasteiger partial charge is 0.326 e. The highest BCUT2D eigenvalue weighted by atomic mass is 16.2. The summed E-state index contributed by atoms with van der Waals surface area (Å²) >= 11 is 0. The first-order valence-corrected chi connectivity index (χ1v) is 10.3. The molecule has 0 atom stereocenters. The van der Waals surface area contributed by atoms with Crippen molar-refractivity contribution in [3.63, 3.8) is 0 Å². The van der Waals surface area contributed by atoms with Crippen LogP contribution in [0.4, 0.5) is 5.69 Å². The van der Waals surface area contributed by atoms with Crippen LogP contribution in [0, 0.1) is 0 Å². The van der Waals surface area contributed by atoms with E-state index in [1.807, 2.05) is 47.1 Å². The molecule has 1 aliphatic rings. The molecular formula is C25H24N4O. The first-order chi connectivity index (χ1) is 14.6. The fourth-order valence-corrected chi connectivity index (χ4v) is 4.39. The van der Waals surface area contributed by atoms with E-state index in [2.05, 4.69) is 41.5 Å². The lowest BCUT2D eigenvalue weighted by Gasteiger charge is -2.18. The van der Waals surface area contributed by atoms with Crippen LogP contribution in [0.15, 0.2) is 66.9 Å². The molecule has 0 saturated carbocycles. The molecule has 0 radical (unpaired) electrons. The maximum absolute atomic E-state index is 13.0. The Labute approximate surface area is 175 Å². The molecule has 5 nitrogen and oxygen atoms in total. The molecule has 4 aromatic rings. The van der Waals surface area contributed by atoms with Crippen molar-refractivity contribution < 1.29 is 4.79 Å². The molecule has 2 heterocycles. The van der Waals surface area contributed by atoms with Gasteiger partial charge in [0.05, 0.1) is 18.1 Å². The van der Waals surface area contributed by atoms with Crippen molar-refractivity contribution in [2.75, 3.05) is 11.4 Å². The topological polar surface area (TPSA) is 64.2 Å². The summed E-state index contributed by atoms with van der Waals surface area (Å²) in [6.07, 6.45) is 3.19. The highest BCUT2D eigenvalue weighted by Gasteiger charge is 2.25. The molecule has 0 bridgehead atoms. The highest BCUT2D eigenvalue weighted by Crippen LogP contribution is 2.35. The fraction of sp³-hybridized carbons (Fsp3) is 0.200. The van der Waals surface area contributed by atoms with E-state index in [0.717, 1.165) is 46.2 Å². The van der Waals surface area contributed by atoms with Crippen molar-refractivity contribution >= 4 is 22.5 Å². The molecule has 3 aromatic carbocycles. The molecule has 5 heteroatoms. The molecule has 0 unspecified atom stereocenters. The summed E-state index contributed by atoms with van der Waals surface area (Å²) in [6.45, 7) is 1.21. The first-order valence-electron chi connectivity index (χ1n) is 10.3. The smallest absolute Gasteiger partial charge is 0.231 e. The Morgan fingerprint density at radius 1 is 1.07 bits per heavy atom. The summed E-state index contributed by atoms with van der Waals surface area (Å²) < 4.78 is 1.90. The van der Waals surface area contributed by atoms with Gasteiger partial charge < -0.3 is 10.6 Å². The second kappa shape index (κ2) is 7.43. The van der Waals surface area contributed by atoms with Crippen LogP contribution in [0.5, 0.6) is 0 Å². The molecule has 1 amide bonds. The standard InChI is InChI=1S/C25H24N4O/c1-28-24-7-3-6-21(22(24)16-27-28)19-8-9-23-20(14-19)10-11-29(23)25(30)13-17-4-2-5-18(12-17)15-26/h2-9,12,14,16H,10-11,13,15,26H2,1H3. The number of hydrogen-bond donors (Lipinski definition) is 1. The van der Waals surface area contributed by atoms with E-state index < -0.39 is 0 Å². The van der Waals surface area contributed by atoms with Crippen molar-refractivity contribution in [1.82, 2.24) is 9.78 Å². The highest BCUT2D eigenvalue weighted by molar-refractivity contribution is 5.98. The van der Waals surface area contributed by atoms with Crippen LogP contribution in [0.25, 0.3) is 22.0 Å². The van der Waals surface area contributed by atoms with Gasteiger partial charge in [0, 0.05) is 31.2 Å². The average molecular weight is 396 g/mol. The molecule has 150 valence electrons. The fourth-order valence-electron chi connectivity index (χ4n) is 4.39. The number of carbonyl (C=O) groups is 1. The zero-order valence-corrected chi connectivity index (χ0v) is 17.0. The maximum atomic E-state index is 13.0. The van der Waals surface area contributed by atoms with Gasteiger partial charge in [-0.3, -0.25) is 9.48 Å². The van der Waals surface area contributed by atoms with Gasteiger partial charge in [-0.05, 0) is 52.4 Å². The van der Waals surface area contributed by atoms with Crippen LogP contribution in [-0.2, 0) is 31.2 Å². The summed E-state index contributed by atoms with van der Waals surface area (Å²) in [4.78, 5) is 14.9. The zero-order chi connectivity index (χ0) is 20.7. The Kier molecular flexibility index (Phi) is 4.60. The van der Waals surface area contributed by atoms with Crippen molar-refractivity contribution in [2.45, 2.75) is 19.4 Å². The second-order valence-electron chi connectivity index (χ2n) is 7.85. The Hall–Kier alpha value is -3.44. The number of carbonyl (C=O) groups excluding carboxylic acids is 1. The zero-order valence-electron chi connectivity index (χ0n) is 17.0. The minimum Gasteiger partial charge on any atom is -0.326 e. The van der Waals surface area contributed by atoms with Crippen LogP contribution in [0.3, 0.4) is 0 Å². The predicted octanol–water partition coefficient (Wildman–Crippen LogP) is 3.83. The van der Waals surface area contributed by atoms with Crippen LogP contribution >= 0.6 is 0 Å². The summed E-state index contributed by atoms with van der Waals surface area (Å²) in [5.74, 6) is 0.130. The van der Waals surface area contributed by atoms with Gasteiger partial charge in [-0.1, -0.05) is 42.5 Å². The van der Waals surface area contributed by atoms with Gasteiger partial charge in [0.25, 0.3) is 0 Å². The van der Waals surface area contributed by atoms with Crippen molar-refractivity contribution in [3.8, 4) is 11.1 Å². The van der Waals surface area contributed by atoms with Crippen LogP contribution in [-0.4, -0.2) is 22.2 Å². The van der Waals surface area contributed by atoms with Gasteiger partial charge in [-0.25, -0.2) is 0 Å². The molecular weight excluding hydrogens is 372 g/mol. The van der Waals surface area contributed by atoms with Crippen molar-refractivity contribution in [1.29, 1.82) is 0 Å². The Morgan fingerprint density at radius 2 is 1.90 bits per heavy atom. The van der Waals surface area contributed by atoms with E-state index >= 15 is 0 Å². The molecule has 1 aromatic heterocycles. The Balaban J connectivity index is 1.43. The van der Waals surface area contributed by atoms with E-state index in [1.54, 1.807) is 0 Å². The maximum Gasteiger partial charge on any atom is 0.231 e. The summed E-state index contributed by atoms with van der Waals surface area (Å²) in [6, 6.07) is 20.7. The summed E-state index contributed by atoms with van der Waals surface area (Å²) in [5, 5.41) is 5.54. The molecule has 0 spiro atoms. The molecule has 2 N–H and O–H groups in total. The number of rotatable bonds is 4. The van der Waals surface area contributed by atoms with E-state index in [1.165, 1.54) is 11.1 Å². The van der Waals surface area contributed by atoms with Crippen LogP contribution < -0.4 is 10.6 Å². The minimum atomic E-state index is 0.130. The number of amides is 1. The lowest BCUT2D eigenvalue weighted by molar-refractivity contribution is -0.117. The molecule has 30 heavy (non-hydrogen) atoms. The van der Waals surface area contributed by atoms with Gasteiger partial charge >= 0.3 is 0 Å². The van der Waals surface area contributed by atoms with Crippen LogP contribution in [0.1, 0.15) is 16.7 Å². The normalized spacial score (nSPS) is 13.1. The average Bonchev–Trinajstić information content (AvgIpc) is 3.37. The number of aryl methyl sites for hydroxylation is 1. The van der Waals surface area contributed by atoms with E-state index in [9.17, 15) is 4.79 Å². The van der Waals surface area contributed by atoms with Gasteiger partial charge in [0.15, 0.2) is 0 Å². The lowest BCUT2D eigenvalue weighted by Crippen LogP contribution is -2.30. The molecule has 1 aliphatic heterocycles. The monoisotopic (exact) mass is 396 g/mol. The third-order valence-corrected chi connectivity index (χ3v) is 5.96. The first kappa shape index (κ1) is 18.6. The van der Waals surface area contributed by atoms with E-state index in [-0.39, 0.29) is 5.91 Å². The Bertz CT molecular complexity index is 1260. The van der Waals surface area contributed by atoms with Gasteiger partial charge in [0.2, 0.25) is 5.91 Å². The number of nitrogens with two attached hydrogens (primary N) is 1. The number of benzene rings is 3. The van der Waals surface area contributed by atoms with E-state index in [0.29, 0.717) is 13.0 Å². The van der Waals surface area contributed by atoms with Crippen molar-refractivity contribution in [3.05, 3.63) is 83.6 Å². The Morgan fingerprint density at radius 3 is 2.77 bits per heavy atom. The summed E-state index contributed by atoms with van der Waals surface area (Å²) in [7, 11) is 1.96. The summed E-state index contributed by atoms with van der Waals surface area (Å²) in [5.41, 5.74) is 13.5. The molecule has 0 saturated heterocycles. The lowest BCUT2D eigenvalue weighted by atomic mass is 9.99. The number of fused-ring (bicyclic) bond motifs is 2.